The molecule has 1 aromatic rings. The molecule has 1 N–H and O–H groups in total. The molecule has 0 saturated carbocycles. The number of oxazole rings is 1. The summed E-state index contributed by atoms with van der Waals surface area (Å²) in [4.78, 5) is 6.20. The molecule has 13 heavy (non-hydrogen) atoms. The normalized spacial score (nSPS) is 23.9. The fourth-order valence-corrected chi connectivity index (χ4v) is 1.68. The summed E-state index contributed by atoms with van der Waals surface area (Å²) in [6.45, 7) is 3.11. The van der Waals surface area contributed by atoms with Gasteiger partial charge in [-0.1, -0.05) is 0 Å². The number of aromatic nitrogens is 1. The Morgan fingerprint density at radius 1 is 1.77 bits per heavy atom. The van der Waals surface area contributed by atoms with Gasteiger partial charge in [-0.25, -0.2) is 4.98 Å². The predicted octanol–water partition coefficient (Wildman–Crippen LogP) is 0.468. The van der Waals surface area contributed by atoms with Gasteiger partial charge in [0, 0.05) is 12.6 Å². The van der Waals surface area contributed by atoms with Crippen molar-refractivity contribution in [1.82, 2.24) is 15.2 Å². The van der Waals surface area contributed by atoms with E-state index in [0.29, 0.717) is 6.04 Å². The highest BCUT2D eigenvalue weighted by Gasteiger charge is 2.18. The Hall–Kier alpha value is -0.870. The highest BCUT2D eigenvalue weighted by atomic mass is 16.3. The van der Waals surface area contributed by atoms with E-state index in [-0.39, 0.29) is 0 Å². The van der Waals surface area contributed by atoms with Crippen molar-refractivity contribution in [1.29, 1.82) is 0 Å². The molecule has 1 aromatic heterocycles. The second-order valence-electron chi connectivity index (χ2n) is 3.60. The Kier molecular flexibility index (Phi) is 2.61. The summed E-state index contributed by atoms with van der Waals surface area (Å²) < 4.78 is 5.13. The van der Waals surface area contributed by atoms with Crippen molar-refractivity contribution in [2.45, 2.75) is 19.0 Å². The highest BCUT2D eigenvalue weighted by Crippen LogP contribution is 2.07. The number of hydrogen-bond acceptors (Lipinski definition) is 4. The maximum atomic E-state index is 5.13. The van der Waals surface area contributed by atoms with E-state index in [0.717, 1.165) is 18.8 Å². The summed E-state index contributed by atoms with van der Waals surface area (Å²) in [5, 5.41) is 3.44. The van der Waals surface area contributed by atoms with Gasteiger partial charge >= 0.3 is 0 Å². The van der Waals surface area contributed by atoms with E-state index in [1.165, 1.54) is 19.4 Å². The van der Waals surface area contributed by atoms with Gasteiger partial charge in [-0.05, 0) is 20.0 Å². The quantitative estimate of drug-likeness (QED) is 0.736. The molecule has 1 unspecified atom stereocenters. The molecule has 1 saturated heterocycles. The van der Waals surface area contributed by atoms with Crippen LogP contribution in [0.15, 0.2) is 17.0 Å². The monoisotopic (exact) mass is 181 g/mol. The van der Waals surface area contributed by atoms with Gasteiger partial charge in [0.15, 0.2) is 6.39 Å². The van der Waals surface area contributed by atoms with E-state index in [4.69, 9.17) is 4.42 Å². The molecule has 0 amide bonds. The van der Waals surface area contributed by atoms with E-state index >= 15 is 0 Å². The van der Waals surface area contributed by atoms with Gasteiger partial charge in [0.25, 0.3) is 0 Å². The molecule has 1 aliphatic rings. The molecule has 1 fully saturated rings. The lowest BCUT2D eigenvalue weighted by atomic mass is 10.2. The zero-order valence-corrected chi connectivity index (χ0v) is 7.86. The lowest BCUT2D eigenvalue weighted by molar-refractivity contribution is 0.390. The predicted molar refractivity (Wildman–Crippen MR) is 49.2 cm³/mol. The minimum atomic E-state index is 0.607. The van der Waals surface area contributed by atoms with Crippen molar-refractivity contribution in [2.75, 3.05) is 20.1 Å². The smallest absolute Gasteiger partial charge is 0.180 e. The summed E-state index contributed by atoms with van der Waals surface area (Å²) in [7, 11) is 2.15. The largest absolute Gasteiger partial charge is 0.447 e. The van der Waals surface area contributed by atoms with Crippen molar-refractivity contribution in [3.63, 3.8) is 0 Å². The Balaban J connectivity index is 1.74. The minimum absolute atomic E-state index is 0.607. The number of nitrogens with one attached hydrogen (secondary N) is 1. The van der Waals surface area contributed by atoms with Crippen molar-refractivity contribution in [2.24, 2.45) is 0 Å². The molecular formula is C9H15N3O. The zero-order chi connectivity index (χ0) is 9.10. The maximum Gasteiger partial charge on any atom is 0.180 e. The van der Waals surface area contributed by atoms with E-state index in [1.54, 1.807) is 6.20 Å². The van der Waals surface area contributed by atoms with Crippen LogP contribution in [0.2, 0.25) is 0 Å². The maximum absolute atomic E-state index is 5.13. The van der Waals surface area contributed by atoms with Crippen LogP contribution in [-0.2, 0) is 6.54 Å². The second-order valence-corrected chi connectivity index (χ2v) is 3.60. The van der Waals surface area contributed by atoms with Crippen LogP contribution in [-0.4, -0.2) is 36.1 Å². The summed E-state index contributed by atoms with van der Waals surface area (Å²) >= 11 is 0. The van der Waals surface area contributed by atoms with Gasteiger partial charge in [-0.15, -0.1) is 0 Å². The van der Waals surface area contributed by atoms with Crippen LogP contribution in [0.25, 0.3) is 0 Å². The van der Waals surface area contributed by atoms with Crippen molar-refractivity contribution in [3.05, 3.63) is 18.4 Å². The molecular weight excluding hydrogens is 166 g/mol. The molecule has 0 bridgehead atoms. The van der Waals surface area contributed by atoms with Gasteiger partial charge in [0.2, 0.25) is 0 Å². The molecule has 4 nitrogen and oxygen atoms in total. The summed E-state index contributed by atoms with van der Waals surface area (Å²) in [5.41, 5.74) is 0. The molecule has 2 heterocycles. The number of hydrogen-bond donors (Lipinski definition) is 1. The molecule has 0 aliphatic carbocycles. The van der Waals surface area contributed by atoms with E-state index in [9.17, 15) is 0 Å². The van der Waals surface area contributed by atoms with E-state index < -0.39 is 0 Å². The standard InChI is InChI=1S/C9H15N3O/c1-12-3-2-8(6-12)11-5-9-4-10-7-13-9/h4,7-8,11H,2-3,5-6H2,1H3. The van der Waals surface area contributed by atoms with Crippen LogP contribution < -0.4 is 5.32 Å². The number of likely N-dealkylation sites (N-methyl/N-ethyl adjacent to an activating group) is 1. The van der Waals surface area contributed by atoms with Crippen molar-refractivity contribution in [3.8, 4) is 0 Å². The third kappa shape index (κ3) is 2.29. The Morgan fingerprint density at radius 2 is 2.69 bits per heavy atom. The van der Waals surface area contributed by atoms with Crippen LogP contribution in [0.1, 0.15) is 12.2 Å². The molecule has 4 heteroatoms. The first-order chi connectivity index (χ1) is 6.34. The Morgan fingerprint density at radius 3 is 3.31 bits per heavy atom. The SMILES string of the molecule is CN1CCC(NCc2cnco2)C1. The van der Waals surface area contributed by atoms with Crippen LogP contribution in [0.5, 0.6) is 0 Å². The fourth-order valence-electron chi connectivity index (χ4n) is 1.68. The Bertz CT molecular complexity index is 247. The molecule has 0 aromatic carbocycles. The number of likely N-dealkylation sites (tertiary alicyclic amines) is 1. The number of nitrogens with zero attached hydrogens (tertiary/aromatic N) is 2. The van der Waals surface area contributed by atoms with Crippen molar-refractivity contribution >= 4 is 0 Å². The van der Waals surface area contributed by atoms with Crippen LogP contribution in [0, 0.1) is 0 Å². The van der Waals surface area contributed by atoms with Crippen LogP contribution >= 0.6 is 0 Å². The lowest BCUT2D eigenvalue weighted by Crippen LogP contribution is -2.30. The first kappa shape index (κ1) is 8.72. The van der Waals surface area contributed by atoms with Gasteiger partial charge in [-0.2, -0.15) is 0 Å². The summed E-state index contributed by atoms with van der Waals surface area (Å²) in [6, 6.07) is 0.607. The molecule has 0 spiro atoms. The van der Waals surface area contributed by atoms with E-state index in [1.807, 2.05) is 0 Å². The fraction of sp³-hybridized carbons (Fsp3) is 0.667. The summed E-state index contributed by atoms with van der Waals surface area (Å²) in [5.74, 6) is 0.912. The van der Waals surface area contributed by atoms with Gasteiger partial charge < -0.3 is 14.6 Å². The average Bonchev–Trinajstić information content (AvgIpc) is 2.71. The summed E-state index contributed by atoms with van der Waals surface area (Å²) in [6.07, 6.45) is 4.45. The molecule has 1 atom stereocenters. The highest BCUT2D eigenvalue weighted by molar-refractivity contribution is 4.89. The lowest BCUT2D eigenvalue weighted by Gasteiger charge is -2.10. The van der Waals surface area contributed by atoms with Crippen molar-refractivity contribution < 1.29 is 4.42 Å². The molecule has 2 rings (SSSR count). The zero-order valence-electron chi connectivity index (χ0n) is 7.86. The topological polar surface area (TPSA) is 41.3 Å². The van der Waals surface area contributed by atoms with Gasteiger partial charge in [-0.3, -0.25) is 0 Å². The average molecular weight is 181 g/mol. The number of rotatable bonds is 3. The third-order valence-corrected chi connectivity index (χ3v) is 2.44. The molecule has 1 aliphatic heterocycles. The molecule has 0 radical (unpaired) electrons. The van der Waals surface area contributed by atoms with Gasteiger partial charge in [0.05, 0.1) is 12.7 Å². The van der Waals surface area contributed by atoms with Gasteiger partial charge in [0.1, 0.15) is 5.76 Å². The van der Waals surface area contributed by atoms with Crippen LogP contribution in [0.3, 0.4) is 0 Å². The first-order valence-electron chi connectivity index (χ1n) is 4.64. The second kappa shape index (κ2) is 3.89. The van der Waals surface area contributed by atoms with E-state index in [2.05, 4.69) is 22.2 Å². The first-order valence-corrected chi connectivity index (χ1v) is 4.64. The Labute approximate surface area is 77.9 Å². The third-order valence-electron chi connectivity index (χ3n) is 2.44. The van der Waals surface area contributed by atoms with Crippen LogP contribution in [0.4, 0.5) is 0 Å². The molecule has 72 valence electrons. The minimum Gasteiger partial charge on any atom is -0.447 e.